The zero-order chi connectivity index (χ0) is 14.4. The van der Waals surface area contributed by atoms with Crippen LogP contribution >= 0.6 is 0 Å². The topological polar surface area (TPSA) is 38.3 Å². The molecule has 2 aromatic rings. The number of benzene rings is 2. The molecule has 1 amide bonds. The zero-order valence-electron chi connectivity index (χ0n) is 11.8. The number of aryl methyl sites for hydroxylation is 1. The fourth-order valence-electron chi connectivity index (χ4n) is 2.10. The normalized spacial score (nSPS) is 11.9. The summed E-state index contributed by atoms with van der Waals surface area (Å²) in [5, 5.41) is 3.01. The Hall–Kier alpha value is -2.13. The Bertz CT molecular complexity index is 549. The fraction of sp³-hybridized carbons (Fsp3) is 0.235. The molecule has 0 radical (unpaired) electrons. The molecule has 3 nitrogen and oxygen atoms in total. The molecule has 0 bridgehead atoms. The van der Waals surface area contributed by atoms with Crippen molar-refractivity contribution >= 4 is 5.91 Å². The summed E-state index contributed by atoms with van der Waals surface area (Å²) in [5.74, 6) is -0.123. The van der Waals surface area contributed by atoms with E-state index in [1.165, 1.54) is 12.7 Å². The van der Waals surface area contributed by atoms with Crippen LogP contribution in [0, 0.1) is 6.92 Å². The Kier molecular flexibility index (Phi) is 4.91. The maximum atomic E-state index is 11.8. The van der Waals surface area contributed by atoms with Gasteiger partial charge in [0, 0.05) is 7.11 Å². The van der Waals surface area contributed by atoms with E-state index in [4.69, 9.17) is 4.74 Å². The number of carbonyl (C=O) groups is 1. The van der Waals surface area contributed by atoms with E-state index in [-0.39, 0.29) is 18.6 Å². The third-order valence-electron chi connectivity index (χ3n) is 3.12. The average molecular weight is 269 g/mol. The van der Waals surface area contributed by atoms with E-state index in [2.05, 4.69) is 5.32 Å². The highest BCUT2D eigenvalue weighted by molar-refractivity contribution is 5.78. The van der Waals surface area contributed by atoms with Gasteiger partial charge in [-0.25, -0.2) is 0 Å². The second kappa shape index (κ2) is 6.87. The monoisotopic (exact) mass is 269 g/mol. The van der Waals surface area contributed by atoms with E-state index in [1.807, 2.05) is 61.5 Å². The largest absolute Gasteiger partial charge is 0.375 e. The molecule has 104 valence electrons. The van der Waals surface area contributed by atoms with Crippen molar-refractivity contribution in [1.29, 1.82) is 0 Å². The van der Waals surface area contributed by atoms with Crippen LogP contribution in [-0.4, -0.2) is 19.6 Å². The zero-order valence-corrected chi connectivity index (χ0v) is 11.8. The molecule has 1 unspecified atom stereocenters. The van der Waals surface area contributed by atoms with Crippen LogP contribution in [0.25, 0.3) is 0 Å². The van der Waals surface area contributed by atoms with Crippen molar-refractivity contribution in [1.82, 2.24) is 5.32 Å². The lowest BCUT2D eigenvalue weighted by molar-refractivity contribution is -0.125. The van der Waals surface area contributed by atoms with Gasteiger partial charge in [0.25, 0.3) is 0 Å². The molecule has 1 N–H and O–H groups in total. The number of hydrogen-bond acceptors (Lipinski definition) is 2. The first-order valence-corrected chi connectivity index (χ1v) is 6.60. The van der Waals surface area contributed by atoms with Crippen LogP contribution in [0.5, 0.6) is 0 Å². The molecule has 0 aliphatic heterocycles. The van der Waals surface area contributed by atoms with Crippen molar-refractivity contribution in [3.05, 3.63) is 71.3 Å². The van der Waals surface area contributed by atoms with Crippen LogP contribution < -0.4 is 5.32 Å². The third kappa shape index (κ3) is 3.68. The van der Waals surface area contributed by atoms with Crippen LogP contribution in [0.1, 0.15) is 22.7 Å². The first-order chi connectivity index (χ1) is 9.70. The molecule has 1 atom stereocenters. The highest BCUT2D eigenvalue weighted by Gasteiger charge is 2.16. The fourth-order valence-corrected chi connectivity index (χ4v) is 2.10. The van der Waals surface area contributed by atoms with Crippen molar-refractivity contribution in [2.45, 2.75) is 13.0 Å². The van der Waals surface area contributed by atoms with Crippen LogP contribution in [0.2, 0.25) is 0 Å². The van der Waals surface area contributed by atoms with Crippen molar-refractivity contribution in [3.8, 4) is 0 Å². The third-order valence-corrected chi connectivity index (χ3v) is 3.12. The van der Waals surface area contributed by atoms with Gasteiger partial charge in [-0.3, -0.25) is 4.79 Å². The summed E-state index contributed by atoms with van der Waals surface area (Å²) in [6.45, 7) is 2.11. The first kappa shape index (κ1) is 14.3. The lowest BCUT2D eigenvalue weighted by Gasteiger charge is -2.20. The Morgan fingerprint density at radius 3 is 2.25 bits per heavy atom. The van der Waals surface area contributed by atoms with Gasteiger partial charge in [-0.15, -0.1) is 0 Å². The number of amides is 1. The molecular formula is C17H19NO2. The number of rotatable bonds is 5. The van der Waals surface area contributed by atoms with Gasteiger partial charge in [-0.05, 0) is 18.1 Å². The molecule has 0 aromatic heterocycles. The van der Waals surface area contributed by atoms with Gasteiger partial charge in [-0.1, -0.05) is 60.2 Å². The predicted molar refractivity (Wildman–Crippen MR) is 79.5 cm³/mol. The summed E-state index contributed by atoms with van der Waals surface area (Å²) in [6, 6.07) is 18.0. The molecule has 20 heavy (non-hydrogen) atoms. The van der Waals surface area contributed by atoms with Crippen LogP contribution in [0.15, 0.2) is 54.6 Å². The Balaban J connectivity index is 2.29. The second-order valence-electron chi connectivity index (χ2n) is 4.75. The standard InChI is InChI=1S/C17H19NO2/c1-13-8-10-15(11-9-13)17(18-16(19)12-20-2)14-6-4-3-5-7-14/h3-11,17H,12H2,1-2H3,(H,18,19). The molecule has 0 saturated carbocycles. The maximum absolute atomic E-state index is 11.8. The van der Waals surface area contributed by atoms with Crippen molar-refractivity contribution in [2.24, 2.45) is 0 Å². The Morgan fingerprint density at radius 1 is 1.05 bits per heavy atom. The van der Waals surface area contributed by atoms with Gasteiger partial charge >= 0.3 is 0 Å². The van der Waals surface area contributed by atoms with Crippen molar-refractivity contribution in [3.63, 3.8) is 0 Å². The van der Waals surface area contributed by atoms with E-state index in [0.717, 1.165) is 11.1 Å². The molecule has 3 heteroatoms. The van der Waals surface area contributed by atoms with E-state index in [9.17, 15) is 4.79 Å². The lowest BCUT2D eigenvalue weighted by atomic mass is 9.98. The van der Waals surface area contributed by atoms with E-state index in [1.54, 1.807) is 0 Å². The Morgan fingerprint density at radius 2 is 1.65 bits per heavy atom. The molecule has 0 fully saturated rings. The average Bonchev–Trinajstić information content (AvgIpc) is 2.47. The number of ether oxygens (including phenoxy) is 1. The minimum Gasteiger partial charge on any atom is -0.375 e. The molecule has 2 aromatic carbocycles. The van der Waals surface area contributed by atoms with Gasteiger partial charge in [0.05, 0.1) is 6.04 Å². The minimum absolute atomic E-state index is 0.0647. The molecule has 2 rings (SSSR count). The second-order valence-corrected chi connectivity index (χ2v) is 4.75. The van der Waals surface area contributed by atoms with Crippen molar-refractivity contribution < 1.29 is 9.53 Å². The molecule has 0 saturated heterocycles. The van der Waals surface area contributed by atoms with E-state index < -0.39 is 0 Å². The first-order valence-electron chi connectivity index (χ1n) is 6.60. The quantitative estimate of drug-likeness (QED) is 0.906. The molecule has 0 aliphatic rings. The summed E-state index contributed by atoms with van der Waals surface area (Å²) in [4.78, 5) is 11.8. The van der Waals surface area contributed by atoms with Gasteiger partial charge in [-0.2, -0.15) is 0 Å². The summed E-state index contributed by atoms with van der Waals surface area (Å²) in [5.41, 5.74) is 3.32. The van der Waals surface area contributed by atoms with Crippen LogP contribution in [-0.2, 0) is 9.53 Å². The van der Waals surface area contributed by atoms with Crippen molar-refractivity contribution in [2.75, 3.05) is 13.7 Å². The number of carbonyl (C=O) groups excluding carboxylic acids is 1. The SMILES string of the molecule is COCC(=O)NC(c1ccccc1)c1ccc(C)cc1. The number of methoxy groups -OCH3 is 1. The summed E-state index contributed by atoms with van der Waals surface area (Å²) >= 11 is 0. The molecule has 0 spiro atoms. The highest BCUT2D eigenvalue weighted by atomic mass is 16.5. The molecular weight excluding hydrogens is 250 g/mol. The predicted octanol–water partition coefficient (Wildman–Crippen LogP) is 2.85. The molecule has 0 heterocycles. The highest BCUT2D eigenvalue weighted by Crippen LogP contribution is 2.22. The van der Waals surface area contributed by atoms with Crippen LogP contribution in [0.4, 0.5) is 0 Å². The van der Waals surface area contributed by atoms with E-state index in [0.29, 0.717) is 0 Å². The van der Waals surface area contributed by atoms with Gasteiger partial charge in [0.1, 0.15) is 6.61 Å². The lowest BCUT2D eigenvalue weighted by Crippen LogP contribution is -2.32. The smallest absolute Gasteiger partial charge is 0.246 e. The summed E-state index contributed by atoms with van der Waals surface area (Å²) < 4.78 is 4.88. The maximum Gasteiger partial charge on any atom is 0.246 e. The summed E-state index contributed by atoms with van der Waals surface area (Å²) in [7, 11) is 1.52. The van der Waals surface area contributed by atoms with Gasteiger partial charge in [0.15, 0.2) is 0 Å². The molecule has 0 aliphatic carbocycles. The minimum atomic E-state index is -0.153. The number of nitrogens with one attached hydrogen (secondary N) is 1. The van der Waals surface area contributed by atoms with Gasteiger partial charge in [0.2, 0.25) is 5.91 Å². The van der Waals surface area contributed by atoms with E-state index >= 15 is 0 Å². The number of hydrogen-bond donors (Lipinski definition) is 1. The Labute approximate surface area is 119 Å². The summed E-state index contributed by atoms with van der Waals surface area (Å²) in [6.07, 6.45) is 0. The van der Waals surface area contributed by atoms with Crippen LogP contribution in [0.3, 0.4) is 0 Å². The van der Waals surface area contributed by atoms with Gasteiger partial charge < -0.3 is 10.1 Å².